The molecule has 19 heavy (non-hydrogen) atoms. The highest BCUT2D eigenvalue weighted by atomic mass is 127. The van der Waals surface area contributed by atoms with E-state index < -0.39 is 0 Å². The number of hydrogen-bond donors (Lipinski definition) is 1. The lowest BCUT2D eigenvalue weighted by Crippen LogP contribution is -2.05. The largest absolute Gasteiger partial charge is 0.335 e. The maximum Gasteiger partial charge on any atom is 0.161 e. The molecule has 1 unspecified atom stereocenters. The number of amidine groups is 1. The molecule has 0 aliphatic carbocycles. The molecule has 1 aliphatic heterocycles. The summed E-state index contributed by atoms with van der Waals surface area (Å²) in [7, 11) is 0. The van der Waals surface area contributed by atoms with Crippen LogP contribution in [0.5, 0.6) is 0 Å². The van der Waals surface area contributed by atoms with Gasteiger partial charge in [-0.2, -0.15) is 0 Å². The van der Waals surface area contributed by atoms with E-state index in [2.05, 4.69) is 87.5 Å². The first-order valence-corrected chi connectivity index (χ1v) is 8.06. The van der Waals surface area contributed by atoms with Crippen LogP contribution >= 0.6 is 34.4 Å². The molecule has 96 valence electrons. The summed E-state index contributed by atoms with van der Waals surface area (Å²) in [5.41, 5.74) is 2.45. The van der Waals surface area contributed by atoms with Crippen LogP contribution in [0.2, 0.25) is 0 Å². The van der Waals surface area contributed by atoms with E-state index in [0.29, 0.717) is 5.25 Å². The maximum absolute atomic E-state index is 4.58. The Morgan fingerprint density at radius 2 is 1.95 bits per heavy atom. The molecule has 2 nitrogen and oxygen atoms in total. The van der Waals surface area contributed by atoms with Gasteiger partial charge >= 0.3 is 0 Å². The lowest BCUT2D eigenvalue weighted by molar-refractivity contribution is 0.966. The summed E-state index contributed by atoms with van der Waals surface area (Å²) in [6.45, 7) is 0.848. The number of anilines is 1. The quantitative estimate of drug-likeness (QED) is 0.774. The molecule has 0 saturated heterocycles. The molecule has 1 atom stereocenters. The molecule has 0 spiro atoms. The smallest absolute Gasteiger partial charge is 0.161 e. The van der Waals surface area contributed by atoms with E-state index in [1.54, 1.807) is 11.8 Å². The number of nitrogens with zero attached hydrogens (tertiary/aromatic N) is 1. The van der Waals surface area contributed by atoms with Crippen molar-refractivity contribution in [3.05, 3.63) is 63.7 Å². The molecule has 0 amide bonds. The van der Waals surface area contributed by atoms with Crippen molar-refractivity contribution in [1.29, 1.82) is 0 Å². The molecule has 0 bridgehead atoms. The van der Waals surface area contributed by atoms with Crippen LogP contribution in [0.1, 0.15) is 10.8 Å². The predicted molar refractivity (Wildman–Crippen MR) is 91.9 cm³/mol. The van der Waals surface area contributed by atoms with Crippen LogP contribution in [-0.2, 0) is 0 Å². The third-order valence-electron chi connectivity index (χ3n) is 2.90. The summed E-state index contributed by atoms with van der Waals surface area (Å²) >= 11 is 4.12. The van der Waals surface area contributed by atoms with Crippen LogP contribution in [0.25, 0.3) is 0 Å². The fraction of sp³-hybridized carbons (Fsp3) is 0.133. The van der Waals surface area contributed by atoms with Gasteiger partial charge in [0.15, 0.2) is 5.17 Å². The third-order valence-corrected chi connectivity index (χ3v) is 4.73. The van der Waals surface area contributed by atoms with E-state index in [1.807, 2.05) is 0 Å². The Hall–Kier alpha value is -1.01. The summed E-state index contributed by atoms with van der Waals surface area (Å²) in [4.78, 5) is 4.58. The highest BCUT2D eigenvalue weighted by Gasteiger charge is 2.21. The van der Waals surface area contributed by atoms with Crippen molar-refractivity contribution < 1.29 is 0 Å². The first kappa shape index (κ1) is 13.0. The predicted octanol–water partition coefficient (Wildman–Crippen LogP) is 4.55. The van der Waals surface area contributed by atoms with Crippen molar-refractivity contribution in [1.82, 2.24) is 0 Å². The van der Waals surface area contributed by atoms with Gasteiger partial charge in [0.05, 0.1) is 11.8 Å². The molecule has 2 aromatic rings. The molecule has 1 heterocycles. The Morgan fingerprint density at radius 1 is 1.11 bits per heavy atom. The Balaban J connectivity index is 1.66. The summed E-state index contributed by atoms with van der Waals surface area (Å²) in [6, 6.07) is 18.9. The van der Waals surface area contributed by atoms with Crippen LogP contribution in [0.3, 0.4) is 0 Å². The third kappa shape index (κ3) is 3.30. The SMILES string of the molecule is Ic1cccc(NC2=NCC(c3ccccc3)S2)c1. The minimum atomic E-state index is 0.437. The molecule has 1 N–H and O–H groups in total. The van der Waals surface area contributed by atoms with Crippen LogP contribution in [0, 0.1) is 3.57 Å². The zero-order valence-corrected chi connectivity index (χ0v) is 13.2. The van der Waals surface area contributed by atoms with E-state index in [-0.39, 0.29) is 0 Å². The Bertz CT molecular complexity index is 598. The number of rotatable bonds is 2. The van der Waals surface area contributed by atoms with Crippen LogP contribution in [-0.4, -0.2) is 11.7 Å². The minimum Gasteiger partial charge on any atom is -0.335 e. The van der Waals surface area contributed by atoms with Gasteiger partial charge < -0.3 is 5.32 Å². The molecular weight excluding hydrogens is 367 g/mol. The van der Waals surface area contributed by atoms with Gasteiger partial charge in [-0.05, 0) is 46.4 Å². The molecule has 3 rings (SSSR count). The second kappa shape index (κ2) is 5.96. The monoisotopic (exact) mass is 380 g/mol. The summed E-state index contributed by atoms with van der Waals surface area (Å²) < 4.78 is 1.23. The lowest BCUT2D eigenvalue weighted by Gasteiger charge is -2.09. The molecule has 2 aromatic carbocycles. The van der Waals surface area contributed by atoms with Gasteiger partial charge in [-0.25, -0.2) is 0 Å². The van der Waals surface area contributed by atoms with Crippen molar-refractivity contribution in [2.75, 3.05) is 11.9 Å². The molecule has 4 heteroatoms. The van der Waals surface area contributed by atoms with Crippen molar-refractivity contribution in [2.24, 2.45) is 4.99 Å². The second-order valence-electron chi connectivity index (χ2n) is 4.30. The molecule has 0 radical (unpaired) electrons. The molecule has 0 aromatic heterocycles. The van der Waals surface area contributed by atoms with Gasteiger partial charge in [-0.3, -0.25) is 4.99 Å². The second-order valence-corrected chi connectivity index (χ2v) is 6.74. The lowest BCUT2D eigenvalue weighted by atomic mass is 10.1. The summed E-state index contributed by atoms with van der Waals surface area (Å²) in [6.07, 6.45) is 0. The number of thioether (sulfide) groups is 1. The van der Waals surface area contributed by atoms with Crippen molar-refractivity contribution in [3.8, 4) is 0 Å². The van der Waals surface area contributed by atoms with Gasteiger partial charge in [0, 0.05) is 9.26 Å². The number of aliphatic imine (C=N–C) groups is 1. The number of nitrogens with one attached hydrogen (secondary N) is 1. The Kier molecular flexibility index (Phi) is 4.08. The van der Waals surface area contributed by atoms with Crippen LogP contribution in [0.15, 0.2) is 59.6 Å². The fourth-order valence-corrected chi connectivity index (χ4v) is 3.56. The molecule has 1 aliphatic rings. The Labute approximate surface area is 130 Å². The number of hydrogen-bond acceptors (Lipinski definition) is 3. The molecule has 0 fully saturated rings. The van der Waals surface area contributed by atoms with Gasteiger partial charge in [0.2, 0.25) is 0 Å². The highest BCUT2D eigenvalue weighted by molar-refractivity contribution is 14.1. The van der Waals surface area contributed by atoms with Crippen molar-refractivity contribution in [2.45, 2.75) is 5.25 Å². The van der Waals surface area contributed by atoms with Gasteiger partial charge in [-0.15, -0.1) is 0 Å². The van der Waals surface area contributed by atoms with E-state index in [4.69, 9.17) is 0 Å². The first-order chi connectivity index (χ1) is 9.31. The van der Waals surface area contributed by atoms with E-state index in [1.165, 1.54) is 9.13 Å². The van der Waals surface area contributed by atoms with Crippen LogP contribution < -0.4 is 5.32 Å². The topological polar surface area (TPSA) is 24.4 Å². The molecule has 0 saturated carbocycles. The molecular formula is C15H13IN2S. The zero-order valence-electron chi connectivity index (χ0n) is 10.2. The van der Waals surface area contributed by atoms with Gasteiger partial charge in [0.1, 0.15) is 0 Å². The van der Waals surface area contributed by atoms with Gasteiger partial charge in [-0.1, -0.05) is 48.2 Å². The average molecular weight is 380 g/mol. The van der Waals surface area contributed by atoms with E-state index >= 15 is 0 Å². The van der Waals surface area contributed by atoms with Crippen molar-refractivity contribution in [3.63, 3.8) is 0 Å². The van der Waals surface area contributed by atoms with Crippen molar-refractivity contribution >= 4 is 45.2 Å². The average Bonchev–Trinajstić information content (AvgIpc) is 2.88. The van der Waals surface area contributed by atoms with Crippen LogP contribution in [0.4, 0.5) is 5.69 Å². The Morgan fingerprint density at radius 3 is 2.74 bits per heavy atom. The minimum absolute atomic E-state index is 0.437. The zero-order chi connectivity index (χ0) is 13.1. The number of benzene rings is 2. The summed E-state index contributed by atoms with van der Waals surface area (Å²) in [5.74, 6) is 0. The normalized spacial score (nSPS) is 18.2. The van der Waals surface area contributed by atoms with Gasteiger partial charge in [0.25, 0.3) is 0 Å². The number of halogens is 1. The highest BCUT2D eigenvalue weighted by Crippen LogP contribution is 2.35. The standard InChI is InChI=1S/C15H13IN2S/c16-12-7-4-8-13(9-12)18-15-17-10-14(19-15)11-5-2-1-3-6-11/h1-9,14H,10H2,(H,17,18). The first-order valence-electron chi connectivity index (χ1n) is 6.10. The fourth-order valence-electron chi connectivity index (χ4n) is 1.97. The van der Waals surface area contributed by atoms with E-state index in [0.717, 1.165) is 17.4 Å². The summed E-state index contributed by atoms with van der Waals surface area (Å²) in [5, 5.41) is 4.84. The van der Waals surface area contributed by atoms with E-state index in [9.17, 15) is 0 Å². The maximum atomic E-state index is 4.58.